The second-order valence-electron chi connectivity index (χ2n) is 7.89. The number of piperidine rings is 1. The van der Waals surface area contributed by atoms with Gasteiger partial charge in [0, 0.05) is 30.1 Å². The van der Waals surface area contributed by atoms with Crippen molar-refractivity contribution < 1.29 is 23.5 Å². The smallest absolute Gasteiger partial charge is 0.344 e. The summed E-state index contributed by atoms with van der Waals surface area (Å²) in [5.74, 6) is 0.0952. The van der Waals surface area contributed by atoms with Gasteiger partial charge in [0.25, 0.3) is 5.91 Å². The molecule has 7 heteroatoms. The maximum Gasteiger partial charge on any atom is 0.344 e. The molecule has 1 fully saturated rings. The summed E-state index contributed by atoms with van der Waals surface area (Å²) in [4.78, 5) is 37.9. The van der Waals surface area contributed by atoms with E-state index in [2.05, 4.69) is 6.92 Å². The minimum absolute atomic E-state index is 0.175. The maximum absolute atomic E-state index is 12.2. The normalized spacial score (nSPS) is 18.5. The lowest BCUT2D eigenvalue weighted by atomic mass is 10.0. The average Bonchev–Trinajstić information content (AvgIpc) is 3.21. The number of hydrogen-bond donors (Lipinski definition) is 0. The molecule has 0 radical (unpaired) electrons. The number of fused-ring (bicyclic) bond motifs is 3. The van der Waals surface area contributed by atoms with E-state index >= 15 is 0 Å². The van der Waals surface area contributed by atoms with Crippen LogP contribution in [0.3, 0.4) is 0 Å². The second kappa shape index (κ2) is 8.27. The Hall–Kier alpha value is -2.83. The summed E-state index contributed by atoms with van der Waals surface area (Å²) in [6, 6.07) is 5.21. The number of rotatable bonds is 5. The Morgan fingerprint density at radius 3 is 2.83 bits per heavy atom. The zero-order valence-electron chi connectivity index (χ0n) is 16.6. The highest BCUT2D eigenvalue weighted by atomic mass is 16.6. The molecule has 1 aliphatic carbocycles. The molecular weight excluding hydrogens is 374 g/mol. The number of carbonyl (C=O) groups excluding carboxylic acids is 2. The Morgan fingerprint density at radius 1 is 1.17 bits per heavy atom. The van der Waals surface area contributed by atoms with Gasteiger partial charge in [0.15, 0.2) is 13.2 Å². The number of aryl methyl sites for hydroxylation is 1. The summed E-state index contributed by atoms with van der Waals surface area (Å²) in [6.07, 6.45) is 4.68. The van der Waals surface area contributed by atoms with Gasteiger partial charge >= 0.3 is 11.6 Å². The monoisotopic (exact) mass is 399 g/mol. The minimum atomic E-state index is -0.612. The quantitative estimate of drug-likeness (QED) is 0.567. The van der Waals surface area contributed by atoms with Crippen LogP contribution in [0.15, 0.2) is 27.4 Å². The first kappa shape index (κ1) is 19.5. The van der Waals surface area contributed by atoms with Gasteiger partial charge in [-0.05, 0) is 55.7 Å². The van der Waals surface area contributed by atoms with Gasteiger partial charge in [-0.1, -0.05) is 6.92 Å². The Balaban J connectivity index is 1.32. The summed E-state index contributed by atoms with van der Waals surface area (Å²) in [7, 11) is 0. The summed E-state index contributed by atoms with van der Waals surface area (Å²) >= 11 is 0. The Bertz CT molecular complexity index is 995. The van der Waals surface area contributed by atoms with Gasteiger partial charge in [0.2, 0.25) is 0 Å². The van der Waals surface area contributed by atoms with Gasteiger partial charge in [-0.15, -0.1) is 0 Å². The predicted octanol–water partition coefficient (Wildman–Crippen LogP) is 2.46. The highest BCUT2D eigenvalue weighted by Crippen LogP contribution is 2.29. The van der Waals surface area contributed by atoms with Crippen LogP contribution in [-0.4, -0.2) is 43.1 Å². The van der Waals surface area contributed by atoms with Crippen LogP contribution < -0.4 is 10.4 Å². The van der Waals surface area contributed by atoms with Crippen molar-refractivity contribution in [1.82, 2.24) is 4.90 Å². The van der Waals surface area contributed by atoms with Crippen molar-refractivity contribution in [2.24, 2.45) is 5.92 Å². The molecule has 2 aliphatic rings. The third-order valence-corrected chi connectivity index (χ3v) is 5.67. The Labute approximate surface area is 168 Å². The van der Waals surface area contributed by atoms with E-state index in [0.29, 0.717) is 30.3 Å². The molecule has 0 saturated carbocycles. The fourth-order valence-corrected chi connectivity index (χ4v) is 4.19. The van der Waals surface area contributed by atoms with E-state index in [-0.39, 0.29) is 24.7 Å². The predicted molar refractivity (Wildman–Crippen MR) is 106 cm³/mol. The van der Waals surface area contributed by atoms with Crippen LogP contribution in [0.2, 0.25) is 0 Å². The molecule has 1 aliphatic heterocycles. The van der Waals surface area contributed by atoms with Crippen molar-refractivity contribution in [2.45, 2.75) is 39.0 Å². The standard InChI is InChI=1S/C22H25NO6/c1-14-4-3-9-23(11-14)20(24)12-28-21(25)13-27-15-7-8-17-16-5-2-6-18(16)22(26)29-19(17)10-15/h7-8,10,14H,2-6,9,11-13H2,1H3/t14-/m1/s1. The average molecular weight is 399 g/mol. The lowest BCUT2D eigenvalue weighted by molar-refractivity contribution is -0.154. The topological polar surface area (TPSA) is 86.0 Å². The zero-order valence-corrected chi connectivity index (χ0v) is 16.6. The van der Waals surface area contributed by atoms with E-state index in [0.717, 1.165) is 48.6 Å². The molecule has 1 amide bonds. The van der Waals surface area contributed by atoms with Crippen molar-refractivity contribution in [3.05, 3.63) is 39.7 Å². The molecule has 4 rings (SSSR count). The highest BCUT2D eigenvalue weighted by molar-refractivity contribution is 5.83. The van der Waals surface area contributed by atoms with E-state index in [1.165, 1.54) is 0 Å². The number of esters is 1. The molecular formula is C22H25NO6. The van der Waals surface area contributed by atoms with E-state index in [1.54, 1.807) is 17.0 Å². The van der Waals surface area contributed by atoms with Crippen LogP contribution in [-0.2, 0) is 27.2 Å². The van der Waals surface area contributed by atoms with Crippen LogP contribution in [0.25, 0.3) is 11.0 Å². The Morgan fingerprint density at radius 2 is 2.00 bits per heavy atom. The van der Waals surface area contributed by atoms with E-state index < -0.39 is 5.97 Å². The van der Waals surface area contributed by atoms with Gasteiger partial charge in [0.05, 0.1) is 0 Å². The Kier molecular flexibility index (Phi) is 5.56. The van der Waals surface area contributed by atoms with Crippen LogP contribution in [0, 0.1) is 5.92 Å². The van der Waals surface area contributed by atoms with Gasteiger partial charge in [-0.25, -0.2) is 9.59 Å². The third kappa shape index (κ3) is 4.28. The fourth-order valence-electron chi connectivity index (χ4n) is 4.19. The van der Waals surface area contributed by atoms with Gasteiger partial charge in [0.1, 0.15) is 11.3 Å². The molecule has 1 aromatic heterocycles. The molecule has 29 heavy (non-hydrogen) atoms. The SMILES string of the molecule is C[C@@H]1CCCN(C(=O)COC(=O)COc2ccc3c4c(c(=O)oc3c2)CCC4)C1. The first-order chi connectivity index (χ1) is 14.0. The van der Waals surface area contributed by atoms with Crippen LogP contribution in [0.5, 0.6) is 5.75 Å². The van der Waals surface area contributed by atoms with E-state index in [4.69, 9.17) is 13.9 Å². The molecule has 1 aromatic carbocycles. The second-order valence-corrected chi connectivity index (χ2v) is 7.89. The number of hydrogen-bond acceptors (Lipinski definition) is 6. The molecule has 7 nitrogen and oxygen atoms in total. The van der Waals surface area contributed by atoms with E-state index in [1.807, 2.05) is 6.07 Å². The van der Waals surface area contributed by atoms with Crippen molar-refractivity contribution >= 4 is 22.8 Å². The summed E-state index contributed by atoms with van der Waals surface area (Å²) in [5, 5.41) is 0.911. The summed E-state index contributed by atoms with van der Waals surface area (Å²) in [6.45, 7) is 2.94. The summed E-state index contributed by atoms with van der Waals surface area (Å²) in [5.41, 5.74) is 1.97. The van der Waals surface area contributed by atoms with Crippen molar-refractivity contribution in [3.8, 4) is 5.75 Å². The number of benzene rings is 1. The van der Waals surface area contributed by atoms with Crippen LogP contribution >= 0.6 is 0 Å². The highest BCUT2D eigenvalue weighted by Gasteiger charge is 2.22. The number of amides is 1. The molecule has 0 bridgehead atoms. The molecule has 0 spiro atoms. The van der Waals surface area contributed by atoms with Crippen LogP contribution in [0.1, 0.15) is 37.3 Å². The third-order valence-electron chi connectivity index (χ3n) is 5.67. The molecule has 2 heterocycles. The molecule has 0 N–H and O–H groups in total. The largest absolute Gasteiger partial charge is 0.482 e. The molecule has 2 aromatic rings. The van der Waals surface area contributed by atoms with Crippen LogP contribution in [0.4, 0.5) is 0 Å². The molecule has 1 atom stereocenters. The molecule has 0 unspecified atom stereocenters. The number of ether oxygens (including phenoxy) is 2. The number of nitrogens with zero attached hydrogens (tertiary/aromatic N) is 1. The summed E-state index contributed by atoms with van der Waals surface area (Å²) < 4.78 is 15.9. The zero-order chi connectivity index (χ0) is 20.4. The van der Waals surface area contributed by atoms with Crippen molar-refractivity contribution in [3.63, 3.8) is 0 Å². The first-order valence-corrected chi connectivity index (χ1v) is 10.2. The lowest BCUT2D eigenvalue weighted by Gasteiger charge is -2.30. The van der Waals surface area contributed by atoms with Gasteiger partial charge in [-0.2, -0.15) is 0 Å². The first-order valence-electron chi connectivity index (χ1n) is 10.2. The maximum atomic E-state index is 12.2. The van der Waals surface area contributed by atoms with Gasteiger partial charge < -0.3 is 18.8 Å². The van der Waals surface area contributed by atoms with E-state index in [9.17, 15) is 14.4 Å². The molecule has 1 saturated heterocycles. The number of carbonyl (C=O) groups is 2. The van der Waals surface area contributed by atoms with Gasteiger partial charge in [-0.3, -0.25) is 4.79 Å². The molecule has 154 valence electrons. The number of likely N-dealkylation sites (tertiary alicyclic amines) is 1. The fraction of sp³-hybridized carbons (Fsp3) is 0.500. The minimum Gasteiger partial charge on any atom is -0.482 e. The van der Waals surface area contributed by atoms with Crippen molar-refractivity contribution in [2.75, 3.05) is 26.3 Å². The lowest BCUT2D eigenvalue weighted by Crippen LogP contribution is -2.41. The van der Waals surface area contributed by atoms with Crippen molar-refractivity contribution in [1.29, 1.82) is 0 Å².